The molecule has 0 unspecified atom stereocenters. The highest BCUT2D eigenvalue weighted by molar-refractivity contribution is 5.80. The lowest BCUT2D eigenvalue weighted by Crippen LogP contribution is -2.34. The highest BCUT2D eigenvalue weighted by atomic mass is 16.5. The van der Waals surface area contributed by atoms with Crippen molar-refractivity contribution in [2.45, 2.75) is 12.5 Å². The summed E-state index contributed by atoms with van der Waals surface area (Å²) in [6.45, 7) is 1.14. The Kier molecular flexibility index (Phi) is 5.56. The molecule has 0 radical (unpaired) electrons. The van der Waals surface area contributed by atoms with Crippen molar-refractivity contribution in [2.75, 3.05) is 27.4 Å². The minimum Gasteiger partial charge on any atom is -0.497 e. The third kappa shape index (κ3) is 4.12. The van der Waals surface area contributed by atoms with Gasteiger partial charge in [-0.25, -0.2) is 0 Å². The van der Waals surface area contributed by atoms with Crippen molar-refractivity contribution in [1.29, 1.82) is 0 Å². The Morgan fingerprint density at radius 2 is 1.52 bits per heavy atom. The average molecular weight is 341 g/mol. The van der Waals surface area contributed by atoms with E-state index in [1.807, 2.05) is 48.5 Å². The van der Waals surface area contributed by atoms with Crippen LogP contribution in [-0.4, -0.2) is 33.3 Å². The highest BCUT2D eigenvalue weighted by Crippen LogP contribution is 2.27. The van der Waals surface area contributed by atoms with Crippen molar-refractivity contribution in [1.82, 2.24) is 5.32 Å². The number of amides is 1. The van der Waals surface area contributed by atoms with Crippen LogP contribution in [0, 0.1) is 5.92 Å². The Hall–Kier alpha value is -2.53. The second kappa shape index (κ2) is 8.03. The first-order valence-electron chi connectivity index (χ1n) is 8.37. The van der Waals surface area contributed by atoms with E-state index in [1.165, 1.54) is 0 Å². The summed E-state index contributed by atoms with van der Waals surface area (Å²) in [5.41, 5.74) is 2.00. The quantitative estimate of drug-likeness (QED) is 0.878. The topological polar surface area (TPSA) is 56.8 Å². The van der Waals surface area contributed by atoms with Gasteiger partial charge in [0, 0.05) is 6.61 Å². The molecule has 1 saturated heterocycles. The van der Waals surface area contributed by atoms with Crippen LogP contribution in [0.1, 0.15) is 23.6 Å². The van der Waals surface area contributed by atoms with Crippen LogP contribution in [0.25, 0.3) is 0 Å². The molecule has 2 aromatic rings. The van der Waals surface area contributed by atoms with Gasteiger partial charge in [-0.1, -0.05) is 24.3 Å². The molecule has 1 heterocycles. The molecule has 0 aliphatic carbocycles. The predicted octanol–water partition coefficient (Wildman–Crippen LogP) is 2.95. The summed E-state index contributed by atoms with van der Waals surface area (Å²) in [5, 5.41) is 3.17. The molecule has 1 amide bonds. The van der Waals surface area contributed by atoms with Gasteiger partial charge in [-0.05, 0) is 41.8 Å². The van der Waals surface area contributed by atoms with Gasteiger partial charge in [0.25, 0.3) is 0 Å². The fraction of sp³-hybridized carbons (Fsp3) is 0.350. The predicted molar refractivity (Wildman–Crippen MR) is 94.9 cm³/mol. The maximum absolute atomic E-state index is 12.6. The molecule has 0 spiro atoms. The van der Waals surface area contributed by atoms with Gasteiger partial charge in [0.05, 0.1) is 32.8 Å². The normalized spacial score (nSPS) is 16.7. The van der Waals surface area contributed by atoms with E-state index in [0.29, 0.717) is 13.2 Å². The van der Waals surface area contributed by atoms with Gasteiger partial charge in [0.1, 0.15) is 11.5 Å². The smallest absolute Gasteiger partial charge is 0.226 e. The van der Waals surface area contributed by atoms with Gasteiger partial charge in [-0.15, -0.1) is 0 Å². The monoisotopic (exact) mass is 341 g/mol. The maximum atomic E-state index is 12.6. The van der Waals surface area contributed by atoms with Crippen molar-refractivity contribution in [3.05, 3.63) is 59.7 Å². The zero-order valence-electron chi connectivity index (χ0n) is 14.5. The lowest BCUT2D eigenvalue weighted by atomic mass is 9.97. The number of hydrogen-bond acceptors (Lipinski definition) is 4. The zero-order valence-corrected chi connectivity index (χ0v) is 14.5. The number of carbonyl (C=O) groups excluding carboxylic acids is 1. The van der Waals surface area contributed by atoms with Crippen molar-refractivity contribution in [3.8, 4) is 11.5 Å². The summed E-state index contributed by atoms with van der Waals surface area (Å²) in [6.07, 6.45) is 0.768. The summed E-state index contributed by atoms with van der Waals surface area (Å²) >= 11 is 0. The Bertz CT molecular complexity index is 643. The molecule has 132 valence electrons. The molecule has 0 bridgehead atoms. The first-order chi connectivity index (χ1) is 12.2. The Morgan fingerprint density at radius 3 is 1.92 bits per heavy atom. The molecular weight excluding hydrogens is 318 g/mol. The summed E-state index contributed by atoms with van der Waals surface area (Å²) < 4.78 is 15.8. The number of nitrogens with one attached hydrogen (secondary N) is 1. The number of carbonyl (C=O) groups is 1. The minimum atomic E-state index is -0.232. The van der Waals surface area contributed by atoms with E-state index in [0.717, 1.165) is 29.0 Å². The van der Waals surface area contributed by atoms with Gasteiger partial charge >= 0.3 is 0 Å². The van der Waals surface area contributed by atoms with Gasteiger partial charge in [-0.3, -0.25) is 4.79 Å². The van der Waals surface area contributed by atoms with Gasteiger partial charge in [0.2, 0.25) is 5.91 Å². The van der Waals surface area contributed by atoms with E-state index in [9.17, 15) is 4.79 Å². The standard InChI is InChI=1S/C20H23NO4/c1-23-17-7-3-14(4-8-17)19(15-5-9-18(24-2)10-6-15)21-20(22)16-11-12-25-13-16/h3-10,16,19H,11-13H2,1-2H3,(H,21,22)/t16-/m0/s1. The Morgan fingerprint density at radius 1 is 1.00 bits per heavy atom. The van der Waals surface area contributed by atoms with Gasteiger partial charge < -0.3 is 19.5 Å². The van der Waals surface area contributed by atoms with Crippen LogP contribution in [0.15, 0.2) is 48.5 Å². The molecule has 0 aromatic heterocycles. The van der Waals surface area contributed by atoms with Crippen LogP contribution in [0.4, 0.5) is 0 Å². The molecule has 25 heavy (non-hydrogen) atoms. The second-order valence-corrected chi connectivity index (χ2v) is 6.05. The van der Waals surface area contributed by atoms with Crippen molar-refractivity contribution in [2.24, 2.45) is 5.92 Å². The fourth-order valence-corrected chi connectivity index (χ4v) is 2.95. The van der Waals surface area contributed by atoms with E-state index in [2.05, 4.69) is 5.32 Å². The summed E-state index contributed by atoms with van der Waals surface area (Å²) in [4.78, 5) is 12.6. The number of methoxy groups -OCH3 is 2. The molecule has 1 aliphatic rings. The molecule has 1 aliphatic heterocycles. The van der Waals surface area contributed by atoms with Crippen LogP contribution in [-0.2, 0) is 9.53 Å². The van der Waals surface area contributed by atoms with Crippen LogP contribution < -0.4 is 14.8 Å². The molecule has 1 fully saturated rings. The molecule has 5 nitrogen and oxygen atoms in total. The Balaban J connectivity index is 1.87. The molecule has 1 atom stereocenters. The van der Waals surface area contributed by atoms with E-state index in [-0.39, 0.29) is 17.9 Å². The summed E-state index contributed by atoms with van der Waals surface area (Å²) in [6, 6.07) is 15.3. The SMILES string of the molecule is COc1ccc(C(NC(=O)[C@H]2CCOC2)c2ccc(OC)cc2)cc1. The van der Waals surface area contributed by atoms with Gasteiger partial charge in [-0.2, -0.15) is 0 Å². The van der Waals surface area contributed by atoms with Crippen LogP contribution in [0.3, 0.4) is 0 Å². The van der Waals surface area contributed by atoms with Crippen molar-refractivity contribution < 1.29 is 19.0 Å². The first kappa shape index (κ1) is 17.3. The van der Waals surface area contributed by atoms with Crippen molar-refractivity contribution >= 4 is 5.91 Å². The van der Waals surface area contributed by atoms with Crippen LogP contribution in [0.5, 0.6) is 11.5 Å². The molecular formula is C20H23NO4. The fourth-order valence-electron chi connectivity index (χ4n) is 2.95. The number of rotatable bonds is 6. The molecule has 1 N–H and O–H groups in total. The number of hydrogen-bond donors (Lipinski definition) is 1. The summed E-state index contributed by atoms with van der Waals surface area (Å²) in [7, 11) is 3.27. The van der Waals surface area contributed by atoms with E-state index in [1.54, 1.807) is 14.2 Å². The number of benzene rings is 2. The third-order valence-corrected chi connectivity index (χ3v) is 4.49. The molecule has 5 heteroatoms. The third-order valence-electron chi connectivity index (χ3n) is 4.49. The van der Waals surface area contributed by atoms with E-state index < -0.39 is 0 Å². The summed E-state index contributed by atoms with van der Waals surface area (Å²) in [5.74, 6) is 1.51. The number of ether oxygens (including phenoxy) is 3. The maximum Gasteiger partial charge on any atom is 0.226 e. The van der Waals surface area contributed by atoms with Crippen molar-refractivity contribution in [3.63, 3.8) is 0 Å². The zero-order chi connectivity index (χ0) is 17.6. The lowest BCUT2D eigenvalue weighted by Gasteiger charge is -2.22. The highest BCUT2D eigenvalue weighted by Gasteiger charge is 2.26. The molecule has 3 rings (SSSR count). The average Bonchev–Trinajstić information content (AvgIpc) is 3.21. The second-order valence-electron chi connectivity index (χ2n) is 6.05. The lowest BCUT2D eigenvalue weighted by molar-refractivity contribution is -0.125. The van der Waals surface area contributed by atoms with E-state index in [4.69, 9.17) is 14.2 Å². The van der Waals surface area contributed by atoms with E-state index >= 15 is 0 Å². The van der Waals surface area contributed by atoms with Crippen LogP contribution in [0.2, 0.25) is 0 Å². The van der Waals surface area contributed by atoms with Gasteiger partial charge in [0.15, 0.2) is 0 Å². The minimum absolute atomic E-state index is 0.0223. The largest absolute Gasteiger partial charge is 0.497 e. The molecule has 0 saturated carbocycles. The molecule has 2 aromatic carbocycles. The van der Waals surface area contributed by atoms with Crippen LogP contribution >= 0.6 is 0 Å². The first-order valence-corrected chi connectivity index (χ1v) is 8.37. The Labute approximate surface area is 147 Å².